The van der Waals surface area contributed by atoms with Gasteiger partial charge < -0.3 is 10.7 Å². The standard InChI is InChI=1S/C21H21N5OS/c1-2-3-12-26(20-19(27)17-6-4-5-7-18(17)24-20)21(25-23)28-14-16-10-8-15(13-22)9-11-16/h4-11H,2-3,12,14,23H2,1H3/b25-21+. The third kappa shape index (κ3) is 4.24. The van der Waals surface area contributed by atoms with Crippen molar-refractivity contribution in [2.75, 3.05) is 6.54 Å². The van der Waals surface area contributed by atoms with Crippen LogP contribution in [0.15, 0.2) is 58.6 Å². The monoisotopic (exact) mass is 391 g/mol. The highest BCUT2D eigenvalue weighted by atomic mass is 32.2. The van der Waals surface area contributed by atoms with Gasteiger partial charge in [0.15, 0.2) is 11.0 Å². The van der Waals surface area contributed by atoms with Crippen LogP contribution in [0.5, 0.6) is 0 Å². The first-order valence-electron chi connectivity index (χ1n) is 9.07. The number of para-hydroxylation sites is 1. The molecular formula is C21H21N5OS. The average molecular weight is 392 g/mol. The van der Waals surface area contributed by atoms with Gasteiger partial charge >= 0.3 is 0 Å². The van der Waals surface area contributed by atoms with Crippen LogP contribution in [0.2, 0.25) is 0 Å². The number of carbonyl (C=O) groups is 1. The molecule has 0 aliphatic carbocycles. The van der Waals surface area contributed by atoms with Crippen molar-refractivity contribution in [3.05, 3.63) is 65.2 Å². The van der Waals surface area contributed by atoms with Crippen LogP contribution in [0.1, 0.15) is 41.3 Å². The van der Waals surface area contributed by atoms with E-state index in [0.717, 1.165) is 18.4 Å². The number of thioether (sulfide) groups is 1. The van der Waals surface area contributed by atoms with E-state index in [1.54, 1.807) is 18.2 Å². The summed E-state index contributed by atoms with van der Waals surface area (Å²) in [5, 5.41) is 13.4. The number of nitriles is 1. The Morgan fingerprint density at radius 3 is 2.64 bits per heavy atom. The lowest BCUT2D eigenvalue weighted by Crippen LogP contribution is -2.40. The Morgan fingerprint density at radius 2 is 2.00 bits per heavy atom. The summed E-state index contributed by atoms with van der Waals surface area (Å²) in [7, 11) is 0. The lowest BCUT2D eigenvalue weighted by molar-refractivity contribution is 0.106. The van der Waals surface area contributed by atoms with E-state index in [2.05, 4.69) is 23.1 Å². The van der Waals surface area contributed by atoms with Crippen LogP contribution in [-0.2, 0) is 5.75 Å². The van der Waals surface area contributed by atoms with E-state index < -0.39 is 0 Å². The van der Waals surface area contributed by atoms with E-state index in [1.807, 2.05) is 35.2 Å². The van der Waals surface area contributed by atoms with Crippen molar-refractivity contribution >= 4 is 34.2 Å². The number of amidine groups is 2. The highest BCUT2D eigenvalue weighted by Gasteiger charge is 2.31. The van der Waals surface area contributed by atoms with E-state index in [9.17, 15) is 4.79 Å². The number of hydrazone groups is 1. The summed E-state index contributed by atoms with van der Waals surface area (Å²) in [5.41, 5.74) is 2.95. The third-order valence-corrected chi connectivity index (χ3v) is 5.42. The second kappa shape index (κ2) is 9.20. The molecule has 0 saturated carbocycles. The van der Waals surface area contributed by atoms with Gasteiger partial charge in [-0.2, -0.15) is 10.4 Å². The van der Waals surface area contributed by atoms with Crippen molar-refractivity contribution in [2.24, 2.45) is 15.9 Å². The smallest absolute Gasteiger partial charge is 0.230 e. The van der Waals surface area contributed by atoms with Gasteiger partial charge in [-0.15, -0.1) is 0 Å². The summed E-state index contributed by atoms with van der Waals surface area (Å²) >= 11 is 1.45. The molecule has 1 heterocycles. The lowest BCUT2D eigenvalue weighted by atomic mass is 10.1. The van der Waals surface area contributed by atoms with Gasteiger partial charge in [0.1, 0.15) is 0 Å². The SMILES string of the molecule is CCCCN(C1=Nc2ccccc2C1=O)/C(=N\N)SCc1ccc(C#N)cc1. The van der Waals surface area contributed by atoms with Gasteiger partial charge in [0.25, 0.3) is 0 Å². The van der Waals surface area contributed by atoms with E-state index in [0.29, 0.717) is 40.1 Å². The van der Waals surface area contributed by atoms with Crippen molar-refractivity contribution in [2.45, 2.75) is 25.5 Å². The molecule has 0 fully saturated rings. The number of unbranched alkanes of at least 4 members (excludes halogenated alkanes) is 1. The number of hydrogen-bond donors (Lipinski definition) is 1. The first-order chi connectivity index (χ1) is 13.7. The van der Waals surface area contributed by atoms with Gasteiger partial charge in [-0.25, -0.2) is 4.99 Å². The predicted molar refractivity (Wildman–Crippen MR) is 114 cm³/mol. The molecule has 28 heavy (non-hydrogen) atoms. The zero-order chi connectivity index (χ0) is 19.9. The molecule has 3 rings (SSSR count). The van der Waals surface area contributed by atoms with Crippen molar-refractivity contribution in [1.29, 1.82) is 5.26 Å². The maximum absolute atomic E-state index is 12.9. The number of rotatable bonds is 5. The molecule has 2 aromatic carbocycles. The molecule has 1 aliphatic heterocycles. The zero-order valence-electron chi connectivity index (χ0n) is 15.6. The minimum atomic E-state index is -0.105. The number of benzene rings is 2. The molecular weight excluding hydrogens is 370 g/mol. The fourth-order valence-corrected chi connectivity index (χ4v) is 3.74. The van der Waals surface area contributed by atoms with Gasteiger partial charge in [0.05, 0.1) is 22.9 Å². The summed E-state index contributed by atoms with van der Waals surface area (Å²) < 4.78 is 0. The molecule has 142 valence electrons. The Labute approximate surface area is 168 Å². The Bertz CT molecular complexity index is 960. The number of Topliss-reactive ketones (excluding diaryl/α,β-unsaturated/α-hetero) is 1. The number of ketones is 1. The highest BCUT2D eigenvalue weighted by Crippen LogP contribution is 2.29. The van der Waals surface area contributed by atoms with Crippen LogP contribution in [0.3, 0.4) is 0 Å². The molecule has 0 atom stereocenters. The Morgan fingerprint density at radius 1 is 1.25 bits per heavy atom. The quantitative estimate of drug-likeness (QED) is 0.359. The summed E-state index contributed by atoms with van der Waals surface area (Å²) in [6.45, 7) is 2.71. The Kier molecular flexibility index (Phi) is 6.45. The third-order valence-electron chi connectivity index (χ3n) is 4.36. The van der Waals surface area contributed by atoms with Gasteiger partial charge in [-0.1, -0.05) is 49.4 Å². The second-order valence-electron chi connectivity index (χ2n) is 6.30. The predicted octanol–water partition coefficient (Wildman–Crippen LogP) is 4.05. The summed E-state index contributed by atoms with van der Waals surface area (Å²) in [6, 6.07) is 16.8. The summed E-state index contributed by atoms with van der Waals surface area (Å²) in [6.07, 6.45) is 1.86. The fraction of sp³-hybridized carbons (Fsp3) is 0.238. The molecule has 0 spiro atoms. The number of hydrogen-bond acceptors (Lipinski definition) is 6. The molecule has 1 aliphatic rings. The molecule has 0 aromatic heterocycles. The molecule has 0 saturated heterocycles. The lowest BCUT2D eigenvalue weighted by Gasteiger charge is -2.24. The van der Waals surface area contributed by atoms with Crippen LogP contribution in [0, 0.1) is 11.3 Å². The van der Waals surface area contributed by atoms with Crippen molar-refractivity contribution in [1.82, 2.24) is 4.90 Å². The van der Waals surface area contributed by atoms with E-state index >= 15 is 0 Å². The summed E-state index contributed by atoms with van der Waals surface area (Å²) in [4.78, 5) is 19.2. The zero-order valence-corrected chi connectivity index (χ0v) is 16.4. The number of nitrogens with two attached hydrogens (primary N) is 1. The average Bonchev–Trinajstić information content (AvgIpc) is 3.07. The molecule has 0 unspecified atom stereocenters. The fourth-order valence-electron chi connectivity index (χ4n) is 2.85. The van der Waals surface area contributed by atoms with E-state index in [4.69, 9.17) is 11.1 Å². The topological polar surface area (TPSA) is 94.8 Å². The number of aliphatic imine (C=N–C) groups is 1. The van der Waals surface area contributed by atoms with E-state index in [1.165, 1.54) is 11.8 Å². The van der Waals surface area contributed by atoms with Gasteiger partial charge in [0.2, 0.25) is 5.78 Å². The number of nitrogens with zero attached hydrogens (tertiary/aromatic N) is 4. The minimum Gasteiger partial charge on any atom is -0.321 e. The van der Waals surface area contributed by atoms with Crippen LogP contribution in [0.4, 0.5) is 5.69 Å². The maximum atomic E-state index is 12.9. The van der Waals surface area contributed by atoms with Crippen molar-refractivity contribution in [3.63, 3.8) is 0 Å². The number of carbonyl (C=O) groups excluding carboxylic acids is 1. The van der Waals surface area contributed by atoms with Gasteiger partial charge in [0, 0.05) is 12.3 Å². The molecule has 6 nitrogen and oxygen atoms in total. The second-order valence-corrected chi connectivity index (χ2v) is 7.24. The Balaban J connectivity index is 1.80. The first-order valence-corrected chi connectivity index (χ1v) is 10.1. The molecule has 2 aromatic rings. The molecule has 0 bridgehead atoms. The van der Waals surface area contributed by atoms with Crippen LogP contribution < -0.4 is 5.84 Å². The van der Waals surface area contributed by atoms with Crippen LogP contribution >= 0.6 is 11.8 Å². The highest BCUT2D eigenvalue weighted by molar-refractivity contribution is 8.13. The molecule has 0 radical (unpaired) electrons. The van der Waals surface area contributed by atoms with Gasteiger partial charge in [-0.3, -0.25) is 4.79 Å². The largest absolute Gasteiger partial charge is 0.321 e. The first kappa shape index (κ1) is 19.6. The number of fused-ring (bicyclic) bond motifs is 1. The van der Waals surface area contributed by atoms with Crippen molar-refractivity contribution < 1.29 is 4.79 Å². The van der Waals surface area contributed by atoms with Crippen molar-refractivity contribution in [3.8, 4) is 6.07 Å². The summed E-state index contributed by atoms with van der Waals surface area (Å²) in [5.74, 6) is 6.58. The maximum Gasteiger partial charge on any atom is 0.230 e. The minimum absolute atomic E-state index is 0.105. The normalized spacial score (nSPS) is 13.1. The van der Waals surface area contributed by atoms with Gasteiger partial charge in [-0.05, 0) is 36.2 Å². The molecule has 7 heteroatoms. The van der Waals surface area contributed by atoms with E-state index in [-0.39, 0.29) is 5.78 Å². The molecule has 2 N–H and O–H groups in total. The molecule has 0 amide bonds. The van der Waals surface area contributed by atoms with Crippen LogP contribution in [-0.4, -0.2) is 28.2 Å². The van der Waals surface area contributed by atoms with Crippen LogP contribution in [0.25, 0.3) is 0 Å². The Hall–Kier alpha value is -3.11.